The Morgan fingerprint density at radius 1 is 1.40 bits per heavy atom. The molecule has 0 saturated carbocycles. The van der Waals surface area contributed by atoms with Crippen LogP contribution in [-0.2, 0) is 4.79 Å². The maximum Gasteiger partial charge on any atom is 0.347 e. The van der Waals surface area contributed by atoms with Crippen molar-refractivity contribution in [1.29, 1.82) is 0 Å². The number of aromatic nitrogens is 1. The van der Waals surface area contributed by atoms with Crippen LogP contribution in [0.4, 0.5) is 0 Å². The van der Waals surface area contributed by atoms with E-state index < -0.39 is 5.97 Å². The molecule has 2 N–H and O–H groups in total. The number of hydrogen-bond donors (Lipinski definition) is 2. The highest BCUT2D eigenvalue weighted by Crippen LogP contribution is 2.24. The van der Waals surface area contributed by atoms with Gasteiger partial charge in [0.2, 0.25) is 5.91 Å². The number of carbonyl (C=O) groups excluding carboxylic acids is 1. The lowest BCUT2D eigenvalue weighted by Gasteiger charge is -2.18. The maximum atomic E-state index is 11.8. The van der Waals surface area contributed by atoms with Crippen LogP contribution in [0.25, 0.3) is 0 Å². The minimum atomic E-state index is -0.975. The average Bonchev–Trinajstić information content (AvgIpc) is 2.68. The van der Waals surface area contributed by atoms with Crippen molar-refractivity contribution < 1.29 is 14.7 Å². The minimum absolute atomic E-state index is 0.0304. The molecule has 1 amide bonds. The molecule has 1 atom stereocenters. The second kappa shape index (κ2) is 6.35. The summed E-state index contributed by atoms with van der Waals surface area (Å²) in [4.78, 5) is 27.3. The molecule has 6 heteroatoms. The van der Waals surface area contributed by atoms with E-state index in [0.717, 1.165) is 17.8 Å². The van der Waals surface area contributed by atoms with Crippen LogP contribution in [0.15, 0.2) is 0 Å². The molecule has 0 fully saturated rings. The molecule has 0 saturated heterocycles. The smallest absolute Gasteiger partial charge is 0.347 e. The monoisotopic (exact) mass is 298 g/mol. The maximum absolute atomic E-state index is 11.8. The second-order valence-electron chi connectivity index (χ2n) is 6.12. The van der Waals surface area contributed by atoms with Crippen molar-refractivity contribution in [3.05, 3.63) is 15.6 Å². The molecule has 20 heavy (non-hydrogen) atoms. The zero-order valence-corrected chi connectivity index (χ0v) is 13.4. The summed E-state index contributed by atoms with van der Waals surface area (Å²) < 4.78 is 0. The fourth-order valence-electron chi connectivity index (χ4n) is 1.66. The lowest BCUT2D eigenvalue weighted by atomic mass is 9.90. The summed E-state index contributed by atoms with van der Waals surface area (Å²) in [6.07, 6.45) is 1.27. The largest absolute Gasteiger partial charge is 0.477 e. The first kappa shape index (κ1) is 16.6. The molecular formula is C14H22N2O3S. The first-order chi connectivity index (χ1) is 9.10. The number of carboxylic acid groups (broad SMARTS) is 1. The van der Waals surface area contributed by atoms with Gasteiger partial charge < -0.3 is 10.4 Å². The number of aromatic carboxylic acids is 1. The number of rotatable bonds is 5. The van der Waals surface area contributed by atoms with Crippen molar-refractivity contribution in [2.24, 2.45) is 5.41 Å². The molecule has 0 aliphatic heterocycles. The third-order valence-corrected chi connectivity index (χ3v) is 4.19. The van der Waals surface area contributed by atoms with Gasteiger partial charge in [-0.1, -0.05) is 20.8 Å². The van der Waals surface area contributed by atoms with Gasteiger partial charge in [0.15, 0.2) is 0 Å². The average molecular weight is 298 g/mol. The van der Waals surface area contributed by atoms with Crippen molar-refractivity contribution in [2.75, 3.05) is 0 Å². The molecule has 1 unspecified atom stereocenters. The van der Waals surface area contributed by atoms with Crippen LogP contribution in [0.1, 0.15) is 67.0 Å². The molecule has 1 aromatic rings. The highest BCUT2D eigenvalue weighted by atomic mass is 32.1. The van der Waals surface area contributed by atoms with Crippen molar-refractivity contribution in [3.63, 3.8) is 0 Å². The van der Waals surface area contributed by atoms with Gasteiger partial charge in [-0.15, -0.1) is 11.3 Å². The van der Waals surface area contributed by atoms with Crippen LogP contribution < -0.4 is 5.32 Å². The SMILES string of the molecule is Cc1nc(C(C)NC(=O)CCC(C)(C)C)sc1C(=O)O. The Morgan fingerprint density at radius 2 is 2.00 bits per heavy atom. The van der Waals surface area contributed by atoms with Gasteiger partial charge >= 0.3 is 5.97 Å². The van der Waals surface area contributed by atoms with E-state index in [1.165, 1.54) is 0 Å². The highest BCUT2D eigenvalue weighted by Gasteiger charge is 2.20. The van der Waals surface area contributed by atoms with E-state index in [4.69, 9.17) is 5.11 Å². The summed E-state index contributed by atoms with van der Waals surface area (Å²) >= 11 is 1.12. The minimum Gasteiger partial charge on any atom is -0.477 e. The molecule has 0 aliphatic carbocycles. The van der Waals surface area contributed by atoms with E-state index in [1.807, 2.05) is 6.92 Å². The fraction of sp³-hybridized carbons (Fsp3) is 0.643. The lowest BCUT2D eigenvalue weighted by Crippen LogP contribution is -2.27. The zero-order valence-electron chi connectivity index (χ0n) is 12.6. The molecule has 0 radical (unpaired) electrons. The fourth-order valence-corrected chi connectivity index (χ4v) is 2.57. The molecule has 5 nitrogen and oxygen atoms in total. The summed E-state index contributed by atoms with van der Waals surface area (Å²) in [5, 5.41) is 12.5. The second-order valence-corrected chi connectivity index (χ2v) is 7.15. The molecular weight excluding hydrogens is 276 g/mol. The topological polar surface area (TPSA) is 79.3 Å². The summed E-state index contributed by atoms with van der Waals surface area (Å²) in [5.41, 5.74) is 0.614. The van der Waals surface area contributed by atoms with Gasteiger partial charge in [0.1, 0.15) is 9.88 Å². The van der Waals surface area contributed by atoms with Gasteiger partial charge in [0, 0.05) is 6.42 Å². The summed E-state index contributed by atoms with van der Waals surface area (Å²) in [6, 6.07) is -0.265. The highest BCUT2D eigenvalue weighted by molar-refractivity contribution is 7.13. The molecule has 1 rings (SSSR count). The Hall–Kier alpha value is -1.43. The third kappa shape index (κ3) is 4.92. The molecule has 0 aliphatic rings. The Morgan fingerprint density at radius 3 is 2.45 bits per heavy atom. The predicted molar refractivity (Wildman–Crippen MR) is 79.1 cm³/mol. The number of carboxylic acids is 1. The van der Waals surface area contributed by atoms with Crippen LogP contribution >= 0.6 is 11.3 Å². The third-order valence-electron chi connectivity index (χ3n) is 2.86. The van der Waals surface area contributed by atoms with Crippen molar-refractivity contribution in [2.45, 2.75) is 53.5 Å². The molecule has 0 bridgehead atoms. The molecule has 0 aromatic carbocycles. The van der Waals surface area contributed by atoms with E-state index in [-0.39, 0.29) is 22.2 Å². The Labute approximate surface area is 123 Å². The van der Waals surface area contributed by atoms with Gasteiger partial charge in [-0.05, 0) is 25.7 Å². The number of amides is 1. The van der Waals surface area contributed by atoms with Crippen molar-refractivity contribution in [1.82, 2.24) is 10.3 Å². The van der Waals surface area contributed by atoms with E-state index >= 15 is 0 Å². The lowest BCUT2D eigenvalue weighted by molar-refractivity contribution is -0.122. The number of nitrogens with one attached hydrogen (secondary N) is 1. The quantitative estimate of drug-likeness (QED) is 0.875. The van der Waals surface area contributed by atoms with E-state index in [0.29, 0.717) is 17.1 Å². The Kier molecular flexibility index (Phi) is 5.28. The van der Waals surface area contributed by atoms with Crippen molar-refractivity contribution >= 4 is 23.2 Å². The van der Waals surface area contributed by atoms with Gasteiger partial charge in [-0.3, -0.25) is 4.79 Å². The summed E-state index contributed by atoms with van der Waals surface area (Å²) in [6.45, 7) is 9.75. The van der Waals surface area contributed by atoms with Crippen LogP contribution in [0.2, 0.25) is 0 Å². The van der Waals surface area contributed by atoms with Gasteiger partial charge in [0.25, 0.3) is 0 Å². The van der Waals surface area contributed by atoms with Crippen molar-refractivity contribution in [3.8, 4) is 0 Å². The zero-order chi connectivity index (χ0) is 15.5. The first-order valence-electron chi connectivity index (χ1n) is 6.60. The van der Waals surface area contributed by atoms with Gasteiger partial charge in [0.05, 0.1) is 11.7 Å². The Balaban J connectivity index is 2.62. The number of carbonyl (C=O) groups is 2. The van der Waals surface area contributed by atoms with Crippen LogP contribution in [0, 0.1) is 12.3 Å². The van der Waals surface area contributed by atoms with Crippen LogP contribution in [0.3, 0.4) is 0 Å². The van der Waals surface area contributed by atoms with Crippen LogP contribution in [-0.4, -0.2) is 22.0 Å². The van der Waals surface area contributed by atoms with Gasteiger partial charge in [-0.2, -0.15) is 0 Å². The number of nitrogens with zero attached hydrogens (tertiary/aromatic N) is 1. The number of hydrogen-bond acceptors (Lipinski definition) is 4. The summed E-state index contributed by atoms with van der Waals surface area (Å²) in [7, 11) is 0. The van der Waals surface area contributed by atoms with E-state index in [1.54, 1.807) is 6.92 Å². The summed E-state index contributed by atoms with van der Waals surface area (Å²) in [5.74, 6) is -1.00. The predicted octanol–water partition coefficient (Wildman–Crippen LogP) is 3.15. The van der Waals surface area contributed by atoms with Gasteiger partial charge in [-0.25, -0.2) is 9.78 Å². The first-order valence-corrected chi connectivity index (χ1v) is 7.42. The van der Waals surface area contributed by atoms with Crippen LogP contribution in [0.5, 0.6) is 0 Å². The number of thiazole rings is 1. The molecule has 0 spiro atoms. The molecule has 1 heterocycles. The molecule has 112 valence electrons. The van der Waals surface area contributed by atoms with E-state index in [9.17, 15) is 9.59 Å². The number of aryl methyl sites for hydroxylation is 1. The Bertz CT molecular complexity index is 503. The standard InChI is InChI=1S/C14H22N2O3S/c1-8-11(13(18)19)20-12(16-8)9(2)15-10(17)6-7-14(3,4)5/h9H,6-7H2,1-5H3,(H,15,17)(H,18,19). The molecule has 1 aromatic heterocycles. The van der Waals surface area contributed by atoms with E-state index in [2.05, 4.69) is 31.1 Å². The normalized spacial score (nSPS) is 13.1.